The average molecular weight is 625 g/mol. The third-order valence-corrected chi connectivity index (χ3v) is 10.2. The Morgan fingerprint density at radius 2 is 1.30 bits per heavy atom. The Balaban J connectivity index is 1.37. The summed E-state index contributed by atoms with van der Waals surface area (Å²) in [5.41, 5.74) is 1.90. The summed E-state index contributed by atoms with van der Waals surface area (Å²) in [4.78, 5) is 21.6. The molecule has 0 amide bonds. The third-order valence-electron chi connectivity index (χ3n) is 8.07. The van der Waals surface area contributed by atoms with E-state index in [1.54, 1.807) is 6.20 Å². The lowest BCUT2D eigenvalue weighted by Crippen LogP contribution is -2.16. The highest BCUT2D eigenvalue weighted by Crippen LogP contribution is 2.48. The van der Waals surface area contributed by atoms with Crippen molar-refractivity contribution in [1.29, 1.82) is 0 Å². The van der Waals surface area contributed by atoms with Gasteiger partial charge in [0.15, 0.2) is 0 Å². The molecule has 0 radical (unpaired) electrons. The molecule has 0 aromatic carbocycles. The average Bonchev–Trinajstić information content (AvgIpc) is 3.42. The molecule has 1 unspecified atom stereocenters. The van der Waals surface area contributed by atoms with Crippen LogP contribution in [0.5, 0.6) is 0 Å². The van der Waals surface area contributed by atoms with Crippen LogP contribution in [-0.2, 0) is 20.2 Å². The van der Waals surface area contributed by atoms with Crippen LogP contribution < -0.4 is 10.9 Å². The van der Waals surface area contributed by atoms with E-state index in [4.69, 9.17) is 14.2 Å². The molecule has 2 heterocycles. The first-order valence-corrected chi connectivity index (χ1v) is 19.1. The van der Waals surface area contributed by atoms with Crippen molar-refractivity contribution < 1.29 is 18.7 Å². The highest BCUT2D eigenvalue weighted by atomic mass is 31.2. The summed E-state index contributed by atoms with van der Waals surface area (Å²) in [5, 5.41) is 12.1. The van der Waals surface area contributed by atoms with E-state index in [0.717, 1.165) is 24.8 Å². The van der Waals surface area contributed by atoms with Crippen LogP contribution in [0.3, 0.4) is 0 Å². The van der Waals surface area contributed by atoms with Crippen molar-refractivity contribution in [3.05, 3.63) is 28.4 Å². The highest BCUT2D eigenvalue weighted by molar-refractivity contribution is 7.53. The van der Waals surface area contributed by atoms with E-state index >= 15 is 0 Å². The van der Waals surface area contributed by atoms with Gasteiger partial charge in [-0.15, -0.1) is 0 Å². The van der Waals surface area contributed by atoms with E-state index in [2.05, 4.69) is 20.3 Å². The molecule has 10 heteroatoms. The molecule has 0 fully saturated rings. The molecule has 0 aliphatic carbocycles. The van der Waals surface area contributed by atoms with Crippen LogP contribution in [0.25, 0.3) is 11.0 Å². The lowest BCUT2D eigenvalue weighted by atomic mass is 10.0. The molecule has 43 heavy (non-hydrogen) atoms. The molecule has 0 saturated heterocycles. The Morgan fingerprint density at radius 1 is 0.767 bits per heavy atom. The van der Waals surface area contributed by atoms with Crippen molar-refractivity contribution in [2.45, 2.75) is 142 Å². The SMILES string of the molecule is CCOP(=O)(CCCNCc1c[nH]c2c(=O)[nH]cnc12)OCCCCCCCCCCCCCCCCCCCCCO. The summed E-state index contributed by atoms with van der Waals surface area (Å²) in [7, 11) is -3.07. The van der Waals surface area contributed by atoms with Crippen molar-refractivity contribution in [1.82, 2.24) is 20.3 Å². The van der Waals surface area contributed by atoms with Crippen molar-refractivity contribution in [2.75, 3.05) is 32.5 Å². The number of aliphatic hydroxyl groups excluding tert-OH is 1. The molecule has 2 rings (SSSR count). The summed E-state index contributed by atoms with van der Waals surface area (Å²) in [6.45, 7) is 4.32. The molecular weight excluding hydrogens is 563 g/mol. The molecule has 0 spiro atoms. The summed E-state index contributed by atoms with van der Waals surface area (Å²) in [6, 6.07) is 0. The molecule has 248 valence electrons. The maximum absolute atomic E-state index is 13.1. The van der Waals surface area contributed by atoms with Crippen LogP contribution in [0.2, 0.25) is 0 Å². The van der Waals surface area contributed by atoms with Gasteiger partial charge in [-0.3, -0.25) is 9.36 Å². The van der Waals surface area contributed by atoms with E-state index in [1.165, 1.54) is 109 Å². The largest absolute Gasteiger partial charge is 0.396 e. The first-order chi connectivity index (χ1) is 21.1. The number of nitrogens with one attached hydrogen (secondary N) is 3. The van der Waals surface area contributed by atoms with Crippen LogP contribution in [0.1, 0.15) is 141 Å². The standard InChI is InChI=1S/C33H61N4O5P/c1-2-41-43(40,26-22-23-34-27-30-28-35-32-31(30)36-29-37-33(32)39)42-25-21-19-17-15-13-11-9-7-5-3-4-6-8-10-12-14-16-18-20-24-38/h28-29,34-35,38H,2-27H2,1H3,(H,36,37,39). The quantitative estimate of drug-likeness (QED) is 0.0507. The number of hydrogen-bond donors (Lipinski definition) is 4. The second-order valence-electron chi connectivity index (χ2n) is 11.8. The van der Waals surface area contributed by atoms with Gasteiger partial charge in [-0.05, 0) is 32.7 Å². The van der Waals surface area contributed by atoms with Gasteiger partial charge in [0.05, 0.1) is 31.2 Å². The van der Waals surface area contributed by atoms with Gasteiger partial charge in [0, 0.05) is 24.9 Å². The molecule has 0 saturated carbocycles. The second kappa shape index (κ2) is 24.8. The fourth-order valence-electron chi connectivity index (χ4n) is 5.55. The van der Waals surface area contributed by atoms with Crippen molar-refractivity contribution >= 4 is 18.6 Å². The lowest BCUT2D eigenvalue weighted by Gasteiger charge is -2.18. The summed E-state index contributed by atoms with van der Waals surface area (Å²) >= 11 is 0. The van der Waals surface area contributed by atoms with Crippen LogP contribution >= 0.6 is 7.60 Å². The zero-order valence-electron chi connectivity index (χ0n) is 27.0. The maximum Gasteiger partial charge on any atom is 0.330 e. The molecule has 0 aliphatic heterocycles. The van der Waals surface area contributed by atoms with Crippen LogP contribution in [0.15, 0.2) is 17.3 Å². The number of fused-ring (bicyclic) bond motifs is 1. The fraction of sp³-hybridized carbons (Fsp3) is 0.818. The first-order valence-electron chi connectivity index (χ1n) is 17.3. The molecular formula is C33H61N4O5P. The van der Waals surface area contributed by atoms with Crippen LogP contribution in [0.4, 0.5) is 0 Å². The molecule has 1 atom stereocenters. The number of aliphatic hydroxyl groups is 1. The summed E-state index contributed by atoms with van der Waals surface area (Å²) in [6.07, 6.45) is 28.7. The Kier molecular flexibility index (Phi) is 21.7. The van der Waals surface area contributed by atoms with Crippen molar-refractivity contribution in [3.8, 4) is 0 Å². The van der Waals surface area contributed by atoms with E-state index < -0.39 is 7.60 Å². The Labute approximate surface area is 260 Å². The van der Waals surface area contributed by atoms with Gasteiger partial charge in [-0.2, -0.15) is 0 Å². The van der Waals surface area contributed by atoms with Gasteiger partial charge in [0.25, 0.3) is 5.56 Å². The smallest absolute Gasteiger partial charge is 0.330 e. The summed E-state index contributed by atoms with van der Waals surface area (Å²) in [5.74, 6) is 0. The van der Waals surface area contributed by atoms with Gasteiger partial charge in [0.2, 0.25) is 0 Å². The van der Waals surface area contributed by atoms with Gasteiger partial charge < -0.3 is 29.4 Å². The Bertz CT molecular complexity index is 1040. The molecule has 2 aromatic heterocycles. The molecule has 0 aliphatic rings. The predicted molar refractivity (Wildman–Crippen MR) is 178 cm³/mol. The number of aromatic nitrogens is 3. The predicted octanol–water partition coefficient (Wildman–Crippen LogP) is 8.38. The van der Waals surface area contributed by atoms with Gasteiger partial charge in [-0.1, -0.05) is 109 Å². The Hall–Kier alpha value is -1.51. The van der Waals surface area contributed by atoms with Gasteiger partial charge in [0.1, 0.15) is 5.52 Å². The number of H-pyrrole nitrogens is 2. The minimum atomic E-state index is -3.07. The molecule has 0 bridgehead atoms. The topological polar surface area (TPSA) is 129 Å². The monoisotopic (exact) mass is 624 g/mol. The number of aromatic amines is 2. The number of nitrogens with zero attached hydrogens (tertiary/aromatic N) is 1. The third kappa shape index (κ3) is 17.5. The second-order valence-corrected chi connectivity index (χ2v) is 14.0. The Morgan fingerprint density at radius 3 is 1.84 bits per heavy atom. The zero-order chi connectivity index (χ0) is 30.9. The lowest BCUT2D eigenvalue weighted by molar-refractivity contribution is 0.207. The highest BCUT2D eigenvalue weighted by Gasteiger charge is 2.23. The fourth-order valence-corrected chi connectivity index (χ4v) is 7.22. The zero-order valence-corrected chi connectivity index (χ0v) is 27.9. The van der Waals surface area contributed by atoms with E-state index in [9.17, 15) is 9.36 Å². The van der Waals surface area contributed by atoms with Gasteiger partial charge in [-0.25, -0.2) is 4.98 Å². The van der Waals surface area contributed by atoms with E-state index in [1.807, 2.05) is 6.92 Å². The van der Waals surface area contributed by atoms with Crippen LogP contribution in [-0.4, -0.2) is 52.6 Å². The minimum absolute atomic E-state index is 0.178. The molecule has 4 N–H and O–H groups in total. The van der Waals surface area contributed by atoms with Crippen molar-refractivity contribution in [2.24, 2.45) is 0 Å². The van der Waals surface area contributed by atoms with Crippen molar-refractivity contribution in [3.63, 3.8) is 0 Å². The first kappa shape index (κ1) is 37.7. The number of unbranched alkanes of at least 4 members (excludes halogenated alkanes) is 18. The van der Waals surface area contributed by atoms with Crippen LogP contribution in [0, 0.1) is 0 Å². The normalized spacial score (nSPS) is 13.2. The molecule has 9 nitrogen and oxygen atoms in total. The number of hydrogen-bond acceptors (Lipinski definition) is 7. The maximum atomic E-state index is 13.1. The summed E-state index contributed by atoms with van der Waals surface area (Å²) < 4.78 is 24.4. The number of rotatable bonds is 30. The van der Waals surface area contributed by atoms with Gasteiger partial charge >= 0.3 is 7.60 Å². The van der Waals surface area contributed by atoms with E-state index in [-0.39, 0.29) is 5.56 Å². The minimum Gasteiger partial charge on any atom is -0.396 e. The molecule has 2 aromatic rings. The van der Waals surface area contributed by atoms with E-state index in [0.29, 0.717) is 56.5 Å².